The van der Waals surface area contributed by atoms with E-state index in [1.165, 1.54) is 0 Å². The first-order valence-corrected chi connectivity index (χ1v) is 13.1. The quantitative estimate of drug-likeness (QED) is 0.194. The normalized spacial score (nSPS) is 22.9. The minimum atomic E-state index is -6.09. The molecule has 0 amide bonds. The number of hydrogen-bond acceptors (Lipinski definition) is 7. The van der Waals surface area contributed by atoms with Gasteiger partial charge in [0.05, 0.1) is 0 Å². The molecular weight excluding hydrogens is 636 g/mol. The fraction of sp³-hybridized carbons (Fsp3) is 1.00. The van der Waals surface area contributed by atoms with Crippen molar-refractivity contribution in [3.8, 4) is 0 Å². The first-order chi connectivity index (χ1) is 16.2. The Morgan fingerprint density at radius 2 is 0.784 bits per heavy atom. The summed E-state index contributed by atoms with van der Waals surface area (Å²) in [6, 6.07) is 0. The third kappa shape index (κ3) is 14.4. The predicted octanol–water partition coefficient (Wildman–Crippen LogP) is 7.48. The minimum absolute atomic E-state index is 0.982. The van der Waals surface area contributed by atoms with Crippen LogP contribution in [0.5, 0.6) is 0 Å². The Balaban J connectivity index is 3.84. The van der Waals surface area contributed by atoms with E-state index in [1.807, 2.05) is 0 Å². The van der Waals surface area contributed by atoms with Crippen LogP contribution in [0.15, 0.2) is 9.03 Å². The predicted molar refractivity (Wildman–Crippen MR) is 89.5 cm³/mol. The van der Waals surface area contributed by atoms with Crippen molar-refractivity contribution in [2.45, 2.75) is 30.9 Å². The molecule has 222 valence electrons. The molecule has 27 heteroatoms. The Kier molecular flexibility index (Phi) is 10.7. The third-order valence-corrected chi connectivity index (χ3v) is 10.8. The van der Waals surface area contributed by atoms with Gasteiger partial charge in [-0.1, -0.05) is 0 Å². The minimum Gasteiger partial charge on any atom is -0.302 e. The molecule has 1 unspecified atom stereocenters. The van der Waals surface area contributed by atoms with Gasteiger partial charge in [0.15, 0.2) is 33.0 Å². The summed E-state index contributed by atoms with van der Waals surface area (Å²) in [6.45, 7) is -13.6. The summed E-state index contributed by atoms with van der Waals surface area (Å²) in [4.78, 5) is 0.982. The fourth-order valence-electron chi connectivity index (χ4n) is 1.65. The summed E-state index contributed by atoms with van der Waals surface area (Å²) in [7, 11) is -18.0. The maximum absolute atomic E-state index is 12.8. The van der Waals surface area contributed by atoms with Crippen LogP contribution in [0.2, 0.25) is 0 Å². The van der Waals surface area contributed by atoms with Crippen molar-refractivity contribution in [1.82, 2.24) is 4.86 Å². The molecule has 0 saturated heterocycles. The van der Waals surface area contributed by atoms with Gasteiger partial charge < -0.3 is 9.05 Å². The van der Waals surface area contributed by atoms with Crippen LogP contribution in [0.3, 0.4) is 0 Å². The molecule has 1 aliphatic rings. The lowest BCUT2D eigenvalue weighted by Crippen LogP contribution is -2.27. The number of nitrogens with one attached hydrogen (secondary N) is 1. The summed E-state index contributed by atoms with van der Waals surface area (Å²) in [6.07, 6.45) is -27.6. The molecule has 37 heavy (non-hydrogen) atoms. The summed E-state index contributed by atoms with van der Waals surface area (Å²) < 4.78 is 227. The molecule has 0 radical (unpaired) electrons. The molecule has 1 heterocycles. The van der Waals surface area contributed by atoms with Gasteiger partial charge in [-0.3, -0.25) is 13.6 Å². The van der Waals surface area contributed by atoms with E-state index in [0.717, 1.165) is 4.86 Å². The van der Waals surface area contributed by atoms with Gasteiger partial charge in [0, 0.05) is 0 Å². The van der Waals surface area contributed by atoms with Gasteiger partial charge >= 0.3 is 53.9 Å². The summed E-state index contributed by atoms with van der Waals surface area (Å²) in [5, 5.41) is 0. The Morgan fingerprint density at radius 3 is 1.11 bits per heavy atom. The Labute approximate surface area is 195 Å². The number of rotatable bonds is 10. The number of halogens is 15. The highest BCUT2D eigenvalue weighted by Gasteiger charge is 2.51. The van der Waals surface area contributed by atoms with Crippen molar-refractivity contribution in [2.75, 3.05) is 33.0 Å². The molecule has 1 aliphatic heterocycles. The van der Waals surface area contributed by atoms with Crippen LogP contribution in [0.1, 0.15) is 0 Å². The molecule has 0 fully saturated rings. The molecule has 0 saturated carbocycles. The lowest BCUT2D eigenvalue weighted by atomic mass is 10.7. The van der Waals surface area contributed by atoms with Crippen molar-refractivity contribution in [3.63, 3.8) is 0 Å². The molecule has 0 spiro atoms. The van der Waals surface area contributed by atoms with Crippen molar-refractivity contribution in [3.05, 3.63) is 0 Å². The van der Waals surface area contributed by atoms with E-state index in [-0.39, 0.29) is 0 Å². The standard InChI is InChI=1S/C10H11F15N3O6P3/c11-6(12,13)1-30-35(29)26-36(31-2-7(14,15)16,32-3-8(17,18)19)28-37(27-35,33-4-9(20,21)22)34-5-10(23,24)25/h1-5H2,(H,26,29). The van der Waals surface area contributed by atoms with Gasteiger partial charge in [-0.2, -0.15) is 65.9 Å². The van der Waals surface area contributed by atoms with Crippen LogP contribution in [0.4, 0.5) is 65.9 Å². The van der Waals surface area contributed by atoms with E-state index < -0.39 is 86.9 Å². The third-order valence-electron chi connectivity index (χ3n) is 2.72. The first kappa shape index (κ1) is 34.4. The molecule has 0 aromatic carbocycles. The van der Waals surface area contributed by atoms with E-state index in [9.17, 15) is 70.4 Å². The molecule has 0 bridgehead atoms. The van der Waals surface area contributed by atoms with Crippen LogP contribution in [0, 0.1) is 0 Å². The second kappa shape index (κ2) is 11.5. The Bertz CT molecular complexity index is 897. The molecule has 0 aromatic heterocycles. The number of alkyl halides is 15. The Morgan fingerprint density at radius 1 is 0.486 bits per heavy atom. The van der Waals surface area contributed by atoms with Crippen molar-refractivity contribution < 1.29 is 93.0 Å². The zero-order chi connectivity index (χ0) is 29.2. The Hall–Kier alpha value is -0.600. The maximum atomic E-state index is 12.8. The summed E-state index contributed by atoms with van der Waals surface area (Å²) in [5.41, 5.74) is 0. The van der Waals surface area contributed by atoms with Gasteiger partial charge in [-0.15, -0.1) is 13.9 Å². The van der Waals surface area contributed by atoms with Crippen LogP contribution in [-0.2, 0) is 27.2 Å². The van der Waals surface area contributed by atoms with Gasteiger partial charge in [-0.05, 0) is 0 Å². The first-order valence-electron chi connectivity index (χ1n) is 8.39. The second-order valence-corrected chi connectivity index (χ2v) is 12.8. The van der Waals surface area contributed by atoms with Gasteiger partial charge in [0.2, 0.25) is 0 Å². The summed E-state index contributed by atoms with van der Waals surface area (Å²) >= 11 is 0. The number of nitrogens with zero attached hydrogens (tertiary/aromatic N) is 2. The largest absolute Gasteiger partial charge is 0.412 e. The zero-order valence-electron chi connectivity index (χ0n) is 16.9. The van der Waals surface area contributed by atoms with Crippen molar-refractivity contribution >= 4 is 23.0 Å². The lowest BCUT2D eigenvalue weighted by Gasteiger charge is -2.35. The highest BCUT2D eigenvalue weighted by atomic mass is 31.3. The van der Waals surface area contributed by atoms with Crippen LogP contribution < -0.4 is 4.86 Å². The fourth-order valence-corrected chi connectivity index (χ4v) is 10.7. The van der Waals surface area contributed by atoms with E-state index in [2.05, 4.69) is 31.6 Å². The van der Waals surface area contributed by atoms with Crippen LogP contribution in [-0.4, -0.2) is 63.9 Å². The number of hydrogen-bond donors (Lipinski definition) is 1. The van der Waals surface area contributed by atoms with E-state index in [4.69, 9.17) is 0 Å². The van der Waals surface area contributed by atoms with E-state index in [1.54, 1.807) is 0 Å². The summed E-state index contributed by atoms with van der Waals surface area (Å²) in [5.74, 6) is 0. The molecule has 0 aliphatic carbocycles. The van der Waals surface area contributed by atoms with Crippen LogP contribution >= 0.6 is 23.0 Å². The average molecular weight is 647 g/mol. The smallest absolute Gasteiger partial charge is 0.302 e. The zero-order valence-corrected chi connectivity index (χ0v) is 19.6. The molecular formula is C10H11F15N3O6P3. The van der Waals surface area contributed by atoms with Gasteiger partial charge in [0.1, 0.15) is 0 Å². The highest BCUT2D eigenvalue weighted by Crippen LogP contribution is 2.77. The van der Waals surface area contributed by atoms with Crippen molar-refractivity contribution in [1.29, 1.82) is 0 Å². The second-order valence-electron chi connectivity index (χ2n) is 6.25. The molecule has 1 rings (SSSR count). The monoisotopic (exact) mass is 647 g/mol. The average Bonchev–Trinajstić information content (AvgIpc) is 2.64. The van der Waals surface area contributed by atoms with Crippen molar-refractivity contribution in [2.24, 2.45) is 9.03 Å². The molecule has 1 N–H and O–H groups in total. The van der Waals surface area contributed by atoms with E-state index >= 15 is 0 Å². The van der Waals surface area contributed by atoms with Gasteiger partial charge in [0.25, 0.3) is 0 Å². The maximum Gasteiger partial charge on any atom is 0.412 e. The highest BCUT2D eigenvalue weighted by molar-refractivity contribution is 7.80. The van der Waals surface area contributed by atoms with E-state index in [0.29, 0.717) is 0 Å². The molecule has 0 aromatic rings. The SMILES string of the molecule is O=P1(OCC(F)(F)F)N=P(OCC(F)(F)F)(OCC(F)(F)F)N=P(OCC(F)(F)F)(OCC(F)(F)F)N1. The molecule has 9 nitrogen and oxygen atoms in total. The van der Waals surface area contributed by atoms with Crippen LogP contribution in [0.25, 0.3) is 0 Å². The van der Waals surface area contributed by atoms with Gasteiger partial charge in [-0.25, -0.2) is 4.57 Å². The molecule has 1 atom stereocenters. The lowest BCUT2D eigenvalue weighted by molar-refractivity contribution is -0.164. The topological polar surface area (TPSA) is 100.0 Å².